The molecule has 4 nitrogen and oxygen atoms in total. The maximum Gasteiger partial charge on any atom is 0.161 e. The summed E-state index contributed by atoms with van der Waals surface area (Å²) < 4.78 is 23.4. The van der Waals surface area contributed by atoms with E-state index in [1.807, 2.05) is 39.1 Å². The molecule has 0 amide bonds. The van der Waals surface area contributed by atoms with Crippen molar-refractivity contribution in [1.29, 1.82) is 0 Å². The summed E-state index contributed by atoms with van der Waals surface area (Å²) in [4.78, 5) is 0. The van der Waals surface area contributed by atoms with E-state index in [2.05, 4.69) is 5.32 Å². The minimum absolute atomic E-state index is 0.0652. The summed E-state index contributed by atoms with van der Waals surface area (Å²) in [6.07, 6.45) is 0.900. The van der Waals surface area contributed by atoms with Gasteiger partial charge >= 0.3 is 0 Å². The van der Waals surface area contributed by atoms with E-state index in [4.69, 9.17) is 9.47 Å². The molecule has 0 radical (unpaired) electrons. The van der Waals surface area contributed by atoms with Crippen LogP contribution in [0.4, 0.5) is 0 Å². The summed E-state index contributed by atoms with van der Waals surface area (Å²) in [5.41, 5.74) is 1.09. The molecule has 0 aromatic heterocycles. The van der Waals surface area contributed by atoms with E-state index < -0.39 is 10.8 Å². The summed E-state index contributed by atoms with van der Waals surface area (Å²) in [6.45, 7) is 5.34. The molecule has 1 aromatic rings. The maximum absolute atomic E-state index is 12.0. The Labute approximate surface area is 123 Å². The second-order valence-electron chi connectivity index (χ2n) is 5.19. The zero-order valence-corrected chi connectivity index (χ0v) is 13.2. The van der Waals surface area contributed by atoms with Crippen LogP contribution in [-0.4, -0.2) is 35.5 Å². The molecular formula is C15H23NO3S. The summed E-state index contributed by atoms with van der Waals surface area (Å²) in [5, 5.41) is 3.41. The first-order valence-electron chi connectivity index (χ1n) is 7.05. The molecule has 2 unspecified atom stereocenters. The van der Waals surface area contributed by atoms with Gasteiger partial charge in [-0.25, -0.2) is 0 Å². The van der Waals surface area contributed by atoms with Crippen molar-refractivity contribution in [3.63, 3.8) is 0 Å². The second-order valence-corrected chi connectivity index (χ2v) is 7.23. The molecule has 112 valence electrons. The van der Waals surface area contributed by atoms with Crippen LogP contribution in [0, 0.1) is 0 Å². The number of hydrogen-bond acceptors (Lipinski definition) is 4. The fraction of sp³-hybridized carbons (Fsp3) is 0.600. The molecule has 0 saturated carbocycles. The Hall–Kier alpha value is -1.07. The molecule has 2 rings (SSSR count). The SMILES string of the molecule is CNC(CS(=O)C(C)C)c1ccc2c(c1)OCCCO2. The summed E-state index contributed by atoms with van der Waals surface area (Å²) in [7, 11) is 1.05. The van der Waals surface area contributed by atoms with Gasteiger partial charge in [0.05, 0.1) is 13.2 Å². The maximum atomic E-state index is 12.0. The van der Waals surface area contributed by atoms with Crippen molar-refractivity contribution < 1.29 is 13.7 Å². The molecule has 2 atom stereocenters. The van der Waals surface area contributed by atoms with Gasteiger partial charge in [-0.1, -0.05) is 19.9 Å². The van der Waals surface area contributed by atoms with E-state index >= 15 is 0 Å². The molecule has 0 bridgehead atoms. The fourth-order valence-electron chi connectivity index (χ4n) is 2.10. The van der Waals surface area contributed by atoms with E-state index in [-0.39, 0.29) is 11.3 Å². The molecule has 20 heavy (non-hydrogen) atoms. The Morgan fingerprint density at radius 1 is 1.25 bits per heavy atom. The Morgan fingerprint density at radius 3 is 2.60 bits per heavy atom. The van der Waals surface area contributed by atoms with Crippen molar-refractivity contribution in [3.05, 3.63) is 23.8 Å². The van der Waals surface area contributed by atoms with Crippen LogP contribution in [0.2, 0.25) is 0 Å². The van der Waals surface area contributed by atoms with Crippen LogP contribution in [0.1, 0.15) is 31.9 Å². The topological polar surface area (TPSA) is 47.6 Å². The van der Waals surface area contributed by atoms with Gasteiger partial charge in [0.2, 0.25) is 0 Å². The molecule has 0 saturated heterocycles. The highest BCUT2D eigenvalue weighted by atomic mass is 32.2. The van der Waals surface area contributed by atoms with Crippen LogP contribution in [-0.2, 0) is 10.8 Å². The van der Waals surface area contributed by atoms with Crippen molar-refractivity contribution in [2.45, 2.75) is 31.6 Å². The minimum Gasteiger partial charge on any atom is -0.490 e. The highest BCUT2D eigenvalue weighted by molar-refractivity contribution is 7.85. The second kappa shape index (κ2) is 7.09. The largest absolute Gasteiger partial charge is 0.490 e. The first-order chi connectivity index (χ1) is 9.61. The first-order valence-corrected chi connectivity index (χ1v) is 8.44. The Bertz CT molecular complexity index is 476. The van der Waals surface area contributed by atoms with Crippen molar-refractivity contribution in [3.8, 4) is 11.5 Å². The highest BCUT2D eigenvalue weighted by Gasteiger charge is 2.18. The van der Waals surface area contributed by atoms with E-state index in [9.17, 15) is 4.21 Å². The van der Waals surface area contributed by atoms with Gasteiger partial charge in [0, 0.05) is 34.3 Å². The molecule has 1 aliphatic heterocycles. The molecule has 1 aliphatic rings. The third-order valence-corrected chi connectivity index (χ3v) is 5.09. The summed E-state index contributed by atoms with van der Waals surface area (Å²) in [6, 6.07) is 6.03. The van der Waals surface area contributed by atoms with Crippen molar-refractivity contribution in [2.24, 2.45) is 0 Å². The van der Waals surface area contributed by atoms with Crippen LogP contribution in [0.15, 0.2) is 18.2 Å². The summed E-state index contributed by atoms with van der Waals surface area (Å²) >= 11 is 0. The first kappa shape index (κ1) is 15.3. The Morgan fingerprint density at radius 2 is 1.95 bits per heavy atom. The van der Waals surface area contributed by atoms with Crippen molar-refractivity contribution >= 4 is 10.8 Å². The van der Waals surface area contributed by atoms with Gasteiger partial charge in [-0.2, -0.15) is 0 Å². The standard InChI is InChI=1S/C15H23NO3S/c1-11(2)20(17)10-13(16-3)12-5-6-14-15(9-12)19-8-4-7-18-14/h5-6,9,11,13,16H,4,7-8,10H2,1-3H3. The monoisotopic (exact) mass is 297 g/mol. The number of nitrogens with one attached hydrogen (secondary N) is 1. The molecule has 5 heteroatoms. The minimum atomic E-state index is -0.842. The number of hydrogen-bond donors (Lipinski definition) is 1. The Balaban J connectivity index is 2.18. The van der Waals surface area contributed by atoms with Gasteiger partial charge in [0.1, 0.15) is 0 Å². The number of benzene rings is 1. The average molecular weight is 297 g/mol. The van der Waals surface area contributed by atoms with Crippen molar-refractivity contribution in [2.75, 3.05) is 26.0 Å². The lowest BCUT2D eigenvalue weighted by atomic mass is 10.1. The van der Waals surface area contributed by atoms with Gasteiger partial charge in [0.25, 0.3) is 0 Å². The normalized spacial score (nSPS) is 17.6. The third-order valence-electron chi connectivity index (χ3n) is 3.38. The van der Waals surface area contributed by atoms with Gasteiger partial charge in [0.15, 0.2) is 11.5 Å². The molecule has 1 heterocycles. The third kappa shape index (κ3) is 3.73. The van der Waals surface area contributed by atoms with Gasteiger partial charge in [-0.3, -0.25) is 4.21 Å². The molecule has 0 fully saturated rings. The van der Waals surface area contributed by atoms with Gasteiger partial charge in [-0.05, 0) is 24.7 Å². The van der Waals surface area contributed by atoms with Crippen LogP contribution in [0.3, 0.4) is 0 Å². The van der Waals surface area contributed by atoms with Crippen LogP contribution < -0.4 is 14.8 Å². The molecule has 0 aliphatic carbocycles. The average Bonchev–Trinajstić information content (AvgIpc) is 2.68. The smallest absolute Gasteiger partial charge is 0.161 e. The molecule has 1 N–H and O–H groups in total. The van der Waals surface area contributed by atoms with Gasteiger partial charge in [-0.15, -0.1) is 0 Å². The van der Waals surface area contributed by atoms with Crippen molar-refractivity contribution in [1.82, 2.24) is 5.32 Å². The summed E-state index contributed by atoms with van der Waals surface area (Å²) in [5.74, 6) is 2.19. The number of rotatable bonds is 5. The van der Waals surface area contributed by atoms with Crippen LogP contribution in [0.5, 0.6) is 11.5 Å². The van der Waals surface area contributed by atoms with E-state index in [1.165, 1.54) is 0 Å². The lowest BCUT2D eigenvalue weighted by Crippen LogP contribution is -2.25. The number of fused-ring (bicyclic) bond motifs is 1. The van der Waals surface area contributed by atoms with E-state index in [0.29, 0.717) is 19.0 Å². The lowest BCUT2D eigenvalue weighted by Gasteiger charge is -2.19. The van der Waals surface area contributed by atoms with Crippen LogP contribution in [0.25, 0.3) is 0 Å². The highest BCUT2D eigenvalue weighted by Crippen LogP contribution is 2.32. The van der Waals surface area contributed by atoms with Gasteiger partial charge < -0.3 is 14.8 Å². The van der Waals surface area contributed by atoms with E-state index in [1.54, 1.807) is 0 Å². The van der Waals surface area contributed by atoms with E-state index in [0.717, 1.165) is 23.5 Å². The predicted molar refractivity (Wildman–Crippen MR) is 82.0 cm³/mol. The zero-order valence-electron chi connectivity index (χ0n) is 12.3. The molecule has 1 aromatic carbocycles. The Kier molecular flexibility index (Phi) is 5.43. The zero-order chi connectivity index (χ0) is 14.5. The quantitative estimate of drug-likeness (QED) is 0.905. The lowest BCUT2D eigenvalue weighted by molar-refractivity contribution is 0.297. The van der Waals surface area contributed by atoms with Crippen LogP contribution >= 0.6 is 0 Å². The molecule has 0 spiro atoms. The fourth-order valence-corrected chi connectivity index (χ4v) is 3.17. The molecular weight excluding hydrogens is 274 g/mol. The predicted octanol–water partition coefficient (Wildman–Crippen LogP) is 2.27. The number of ether oxygens (including phenoxy) is 2.